The molecule has 2 fully saturated rings. The molecule has 3 unspecified atom stereocenters. The first-order chi connectivity index (χ1) is 21.8. The van der Waals surface area contributed by atoms with E-state index in [1.54, 1.807) is 11.9 Å². The van der Waals surface area contributed by atoms with Crippen molar-refractivity contribution in [1.29, 1.82) is 0 Å². The highest BCUT2D eigenvalue weighted by Gasteiger charge is 2.39. The average molecular weight is 667 g/mol. The fourth-order valence-electron chi connectivity index (χ4n) is 5.91. The molecule has 1 amide bonds. The number of nitrogens with two attached hydrogens (primary N) is 1. The van der Waals surface area contributed by atoms with Crippen molar-refractivity contribution in [2.24, 2.45) is 0 Å². The van der Waals surface area contributed by atoms with Crippen LogP contribution in [0.1, 0.15) is 24.8 Å². The highest BCUT2D eigenvalue weighted by Crippen LogP contribution is 2.46. The zero-order valence-electron chi connectivity index (χ0n) is 24.4. The van der Waals surface area contributed by atoms with E-state index < -0.39 is 58.1 Å². The topological polar surface area (TPSA) is 107 Å². The number of hydrogen-bond acceptors (Lipinski definition) is 9. The number of anilines is 1. The van der Waals surface area contributed by atoms with E-state index in [9.17, 15) is 26.7 Å². The van der Waals surface area contributed by atoms with E-state index in [4.69, 9.17) is 15.2 Å². The molecule has 16 heteroatoms. The normalized spacial score (nSPS) is 20.8. The van der Waals surface area contributed by atoms with Gasteiger partial charge in [0.25, 0.3) is 0 Å². The van der Waals surface area contributed by atoms with Gasteiger partial charge in [0.15, 0.2) is 10.9 Å². The van der Waals surface area contributed by atoms with Crippen LogP contribution in [0.15, 0.2) is 30.9 Å². The lowest BCUT2D eigenvalue weighted by molar-refractivity contribution is -0.137. The second-order valence-corrected chi connectivity index (χ2v) is 12.3. The molecule has 3 atom stereocenters. The molecular formula is C30H28F6N6O3S. The van der Waals surface area contributed by atoms with Gasteiger partial charge in [0.2, 0.25) is 11.8 Å². The molecule has 0 aliphatic carbocycles. The van der Waals surface area contributed by atoms with Gasteiger partial charge < -0.3 is 20.1 Å². The number of amides is 1. The predicted octanol–water partition coefficient (Wildman–Crippen LogP) is 5.76. The van der Waals surface area contributed by atoms with Gasteiger partial charge in [-0.3, -0.25) is 9.69 Å². The largest absolute Gasteiger partial charge is 0.472 e. The summed E-state index contributed by atoms with van der Waals surface area (Å²) in [5.41, 5.74) is 2.29. The molecule has 2 aliphatic rings. The minimum absolute atomic E-state index is 0.0846. The third-order valence-corrected chi connectivity index (χ3v) is 9.04. The van der Waals surface area contributed by atoms with Gasteiger partial charge in [0.1, 0.15) is 30.2 Å². The molecule has 4 heterocycles. The quantitative estimate of drug-likeness (QED) is 0.196. The summed E-state index contributed by atoms with van der Waals surface area (Å²) in [4.78, 5) is 27.8. The minimum atomic E-state index is -5.09. The summed E-state index contributed by atoms with van der Waals surface area (Å²) >= 11 is 0.715. The van der Waals surface area contributed by atoms with Crippen molar-refractivity contribution in [3.63, 3.8) is 0 Å². The molecule has 2 N–H and O–H groups in total. The molecule has 2 aliphatic heterocycles. The number of hydrogen-bond donors (Lipinski definition) is 1. The Hall–Kier alpha value is -4.18. The Labute approximate surface area is 262 Å². The Morgan fingerprint density at radius 1 is 1.20 bits per heavy atom. The molecule has 2 aromatic carbocycles. The number of likely N-dealkylation sites (N-methyl/N-ethyl adjacent to an activating group) is 1. The second-order valence-electron chi connectivity index (χ2n) is 11.3. The monoisotopic (exact) mass is 666 g/mol. The minimum Gasteiger partial charge on any atom is -0.472 e. The molecule has 0 saturated carbocycles. The number of aromatic nitrogens is 3. The third kappa shape index (κ3) is 6.02. The number of rotatable bonds is 7. The number of carbonyl (C=O) groups is 1. The maximum absolute atomic E-state index is 16.6. The van der Waals surface area contributed by atoms with E-state index in [0.29, 0.717) is 36.8 Å². The zero-order chi connectivity index (χ0) is 32.9. The summed E-state index contributed by atoms with van der Waals surface area (Å²) in [5, 5.41) is -0.514. The lowest BCUT2D eigenvalue weighted by Crippen LogP contribution is -2.43. The molecule has 2 saturated heterocycles. The number of carbonyl (C=O) groups excluding carboxylic acids is 1. The number of nitrogen functional groups attached to an aromatic ring is 1. The number of likely N-dealkylation sites (tertiary alicyclic amines) is 2. The summed E-state index contributed by atoms with van der Waals surface area (Å²) in [6, 6.07) is 1.83. The smallest absolute Gasteiger partial charge is 0.417 e. The molecule has 0 radical (unpaired) electrons. The summed E-state index contributed by atoms with van der Waals surface area (Å²) in [7, 11) is 1.71. The summed E-state index contributed by atoms with van der Waals surface area (Å²) in [6.07, 6.45) is -4.59. The number of nitrogens with zero attached hydrogens (tertiary/aromatic N) is 5. The van der Waals surface area contributed by atoms with Crippen LogP contribution in [0.3, 0.4) is 0 Å². The number of alkyl halides is 4. The number of ether oxygens (including phenoxy) is 2. The number of fused-ring (bicyclic) bond motifs is 2. The van der Waals surface area contributed by atoms with Crippen molar-refractivity contribution >= 4 is 43.5 Å². The summed E-state index contributed by atoms with van der Waals surface area (Å²) in [6.45, 7) is 4.10. The van der Waals surface area contributed by atoms with Crippen molar-refractivity contribution in [3.8, 4) is 23.0 Å². The van der Waals surface area contributed by atoms with Gasteiger partial charge in [-0.2, -0.15) is 23.1 Å². The maximum atomic E-state index is 16.6. The zero-order valence-corrected chi connectivity index (χ0v) is 25.2. The third-order valence-electron chi connectivity index (χ3n) is 8.15. The van der Waals surface area contributed by atoms with Gasteiger partial charge in [-0.1, -0.05) is 17.9 Å². The summed E-state index contributed by atoms with van der Waals surface area (Å²) < 4.78 is 101. The Kier molecular flexibility index (Phi) is 8.43. The highest BCUT2D eigenvalue weighted by molar-refractivity contribution is 7.22. The van der Waals surface area contributed by atoms with Crippen LogP contribution in [0.2, 0.25) is 0 Å². The first-order valence-electron chi connectivity index (χ1n) is 14.4. The van der Waals surface area contributed by atoms with E-state index in [1.165, 1.54) is 4.90 Å². The van der Waals surface area contributed by atoms with Crippen LogP contribution in [0.5, 0.6) is 11.9 Å². The second kappa shape index (κ2) is 12.2. The number of thiazole rings is 1. The Bertz CT molecular complexity index is 1830. The van der Waals surface area contributed by atoms with Crippen molar-refractivity contribution in [2.75, 3.05) is 39.0 Å². The van der Waals surface area contributed by atoms with Crippen molar-refractivity contribution in [3.05, 3.63) is 48.1 Å². The first kappa shape index (κ1) is 31.8. The van der Waals surface area contributed by atoms with Crippen LogP contribution in [-0.2, 0) is 11.0 Å². The molecule has 2 aromatic heterocycles. The van der Waals surface area contributed by atoms with Crippen LogP contribution in [-0.4, -0.2) is 82.3 Å². The molecule has 9 nitrogen and oxygen atoms in total. The van der Waals surface area contributed by atoms with Crippen LogP contribution < -0.4 is 15.2 Å². The predicted molar refractivity (Wildman–Crippen MR) is 159 cm³/mol. The van der Waals surface area contributed by atoms with E-state index in [-0.39, 0.29) is 64.9 Å². The first-order valence-corrected chi connectivity index (χ1v) is 15.2. The van der Waals surface area contributed by atoms with E-state index in [1.807, 2.05) is 0 Å². The number of halogens is 6. The lowest BCUT2D eigenvalue weighted by atomic mass is 9.95. The van der Waals surface area contributed by atoms with Gasteiger partial charge in [0.05, 0.1) is 27.7 Å². The van der Waals surface area contributed by atoms with Crippen molar-refractivity contribution in [2.45, 2.75) is 43.8 Å². The fraction of sp³-hybridized carbons (Fsp3) is 0.400. The molecule has 244 valence electrons. The Morgan fingerprint density at radius 2 is 1.98 bits per heavy atom. The van der Waals surface area contributed by atoms with Gasteiger partial charge in [-0.15, -0.1) is 0 Å². The Morgan fingerprint density at radius 3 is 2.67 bits per heavy atom. The van der Waals surface area contributed by atoms with Crippen LogP contribution in [0.25, 0.3) is 32.2 Å². The lowest BCUT2D eigenvalue weighted by Gasteiger charge is -2.32. The highest BCUT2D eigenvalue weighted by atomic mass is 32.1. The summed E-state index contributed by atoms with van der Waals surface area (Å²) in [5.74, 6) is -2.91. The average Bonchev–Trinajstić information content (AvgIpc) is 3.56. The molecule has 4 aromatic rings. The van der Waals surface area contributed by atoms with E-state index in [2.05, 4.69) is 21.5 Å². The van der Waals surface area contributed by atoms with Crippen LogP contribution in [0, 0.1) is 11.6 Å². The van der Waals surface area contributed by atoms with Crippen LogP contribution >= 0.6 is 11.3 Å². The fourth-order valence-corrected chi connectivity index (χ4v) is 6.68. The standard InChI is InChI=1S/C30H28F6N6O3S/c1-3-21(43)42-8-4-5-16(12-42)45-27-18-10-19(30(34,35)36)22(17-6-7-20(32)26-25(17)38-28(37)46-26)23(33)24(18)39-29(40-27)44-13-15-9-14(31)11-41(15)2/h3,6-7,10,14-16H,1,4-5,8-9,11-13H2,2H3,(H2,37,38). The maximum Gasteiger partial charge on any atom is 0.417 e. The molecular weight excluding hydrogens is 638 g/mol. The Balaban J connectivity index is 1.51. The molecule has 46 heavy (non-hydrogen) atoms. The number of piperidine rings is 1. The van der Waals surface area contributed by atoms with Gasteiger partial charge >= 0.3 is 12.2 Å². The molecule has 0 bridgehead atoms. The van der Waals surface area contributed by atoms with Gasteiger partial charge in [-0.25, -0.2) is 18.2 Å². The van der Waals surface area contributed by atoms with Crippen LogP contribution in [0.4, 0.5) is 31.5 Å². The van der Waals surface area contributed by atoms with Crippen molar-refractivity contribution in [1.82, 2.24) is 24.8 Å². The van der Waals surface area contributed by atoms with Gasteiger partial charge in [-0.05, 0) is 50.6 Å². The SMILES string of the molecule is C=CC(=O)N1CCCC(Oc2nc(OCC3CC(F)CN3C)nc3c(F)c(-c4ccc(F)c5sc(N)nc45)c(C(F)(F)F)cc23)C1. The van der Waals surface area contributed by atoms with E-state index >= 15 is 4.39 Å². The molecule has 6 rings (SSSR count). The van der Waals surface area contributed by atoms with Gasteiger partial charge in [0, 0.05) is 30.3 Å². The number of benzene rings is 2. The van der Waals surface area contributed by atoms with E-state index in [0.717, 1.165) is 18.2 Å². The van der Waals surface area contributed by atoms with Crippen molar-refractivity contribution < 1.29 is 40.6 Å². The molecule has 0 spiro atoms.